The number of aliphatic hydroxyl groups excluding tert-OH is 1. The summed E-state index contributed by atoms with van der Waals surface area (Å²) >= 11 is 0. The Balaban J connectivity index is 0. The first-order valence-corrected chi connectivity index (χ1v) is 12.7. The Hall–Kier alpha value is 0.830. The molecule has 0 rings (SSSR count). The molecule has 0 aliphatic carbocycles. The minimum absolute atomic E-state index is 0. The van der Waals surface area contributed by atoms with Crippen molar-refractivity contribution in [3.8, 4) is 0 Å². The fourth-order valence-electron chi connectivity index (χ4n) is 3.39. The fraction of sp³-hybridized carbons (Fsp3) is 1.00. The van der Waals surface area contributed by atoms with Crippen LogP contribution in [0.15, 0.2) is 0 Å². The molecule has 0 aromatic heterocycles. The van der Waals surface area contributed by atoms with Crippen molar-refractivity contribution in [3.63, 3.8) is 0 Å². The third-order valence-corrected chi connectivity index (χ3v) is 5.76. The van der Waals surface area contributed by atoms with Crippen molar-refractivity contribution >= 4 is 10.1 Å². The second-order valence-corrected chi connectivity index (χ2v) is 9.31. The van der Waals surface area contributed by atoms with Gasteiger partial charge in [-0.15, -0.1) is 0 Å². The molecule has 0 saturated heterocycles. The van der Waals surface area contributed by atoms with E-state index in [2.05, 4.69) is 6.92 Å². The smallest absolute Gasteiger partial charge is 0.748 e. The van der Waals surface area contributed by atoms with Crippen LogP contribution in [0.3, 0.4) is 0 Å². The molecule has 0 aromatic rings. The summed E-state index contributed by atoms with van der Waals surface area (Å²) in [5, 5.41) is 9.10. The molecule has 1 N–H and O–H groups in total. The quantitative estimate of drug-likeness (QED) is 0.182. The molecule has 0 aliphatic heterocycles. The number of hydrogen-bond donors (Lipinski definition) is 1. The van der Waals surface area contributed by atoms with E-state index in [4.69, 9.17) is 9.84 Å². The second-order valence-electron chi connectivity index (χ2n) is 7.86. The third kappa shape index (κ3) is 23.1. The van der Waals surface area contributed by atoms with E-state index in [0.29, 0.717) is 0 Å². The van der Waals surface area contributed by atoms with Gasteiger partial charge in [0.2, 0.25) is 0 Å². The maximum Gasteiger partial charge on any atom is 1.00 e. The molecule has 0 bridgehead atoms. The van der Waals surface area contributed by atoms with Gasteiger partial charge in [0.15, 0.2) is 0 Å². The summed E-state index contributed by atoms with van der Waals surface area (Å²) in [7, 11) is -4.37. The Morgan fingerprint density at radius 2 is 1.21 bits per heavy atom. The Bertz CT molecular complexity index is 417. The van der Waals surface area contributed by atoms with Crippen LogP contribution in [0.25, 0.3) is 0 Å². The van der Waals surface area contributed by atoms with E-state index < -0.39 is 28.6 Å². The molecule has 0 aromatic carbocycles. The minimum atomic E-state index is -4.37. The standard InChI is InChI=1S/C21H44O5S.Na/c1-3-4-5-6-7-8-9-10-11-12-13-14-15-16-17-20(2)26-21(18-22)19-27(23,24)25;/h20-22H,3-19H2,1-2H3,(H,23,24,25);/q;+1/p-1. The number of aliphatic hydroxyl groups is 1. The first kappa shape index (κ1) is 31.0. The fourth-order valence-corrected chi connectivity index (χ4v) is 4.02. The van der Waals surface area contributed by atoms with E-state index in [-0.39, 0.29) is 35.7 Å². The SMILES string of the molecule is CCCCCCCCCCCCCCCCC(C)OC(CO)CS(=O)(=O)[O-].[Na+]. The van der Waals surface area contributed by atoms with Crippen molar-refractivity contribution in [2.24, 2.45) is 0 Å². The zero-order valence-corrected chi connectivity index (χ0v) is 21.5. The Kier molecular flexibility index (Phi) is 23.3. The van der Waals surface area contributed by atoms with Crippen molar-refractivity contribution < 1.29 is 52.4 Å². The molecule has 0 saturated carbocycles. The summed E-state index contributed by atoms with van der Waals surface area (Å²) in [6.07, 6.45) is 18.2. The van der Waals surface area contributed by atoms with E-state index in [0.717, 1.165) is 19.3 Å². The normalized spacial score (nSPS) is 13.9. The molecule has 7 heteroatoms. The van der Waals surface area contributed by atoms with Crippen LogP contribution in [0.1, 0.15) is 110 Å². The first-order chi connectivity index (χ1) is 12.9. The van der Waals surface area contributed by atoms with Gasteiger partial charge in [0.25, 0.3) is 0 Å². The van der Waals surface area contributed by atoms with Gasteiger partial charge in [-0.25, -0.2) is 8.42 Å². The summed E-state index contributed by atoms with van der Waals surface area (Å²) < 4.78 is 37.7. The molecule has 0 radical (unpaired) electrons. The van der Waals surface area contributed by atoms with E-state index >= 15 is 0 Å². The van der Waals surface area contributed by atoms with Crippen molar-refractivity contribution in [1.29, 1.82) is 0 Å². The monoisotopic (exact) mass is 430 g/mol. The van der Waals surface area contributed by atoms with Gasteiger partial charge in [-0.05, 0) is 13.3 Å². The van der Waals surface area contributed by atoms with E-state index in [1.807, 2.05) is 6.92 Å². The predicted molar refractivity (Wildman–Crippen MR) is 111 cm³/mol. The van der Waals surface area contributed by atoms with Crippen LogP contribution in [0.4, 0.5) is 0 Å². The molecule has 28 heavy (non-hydrogen) atoms. The van der Waals surface area contributed by atoms with Crippen LogP contribution in [0.5, 0.6) is 0 Å². The second kappa shape index (κ2) is 21.1. The van der Waals surface area contributed by atoms with Gasteiger partial charge in [-0.1, -0.05) is 96.8 Å². The number of unbranched alkanes of at least 4 members (excludes halogenated alkanes) is 13. The van der Waals surface area contributed by atoms with Crippen LogP contribution in [0, 0.1) is 0 Å². The molecular weight excluding hydrogens is 387 g/mol. The van der Waals surface area contributed by atoms with Crippen molar-refractivity contribution in [2.75, 3.05) is 12.4 Å². The molecule has 0 amide bonds. The average Bonchev–Trinajstić information content (AvgIpc) is 2.60. The van der Waals surface area contributed by atoms with Gasteiger partial charge >= 0.3 is 29.6 Å². The van der Waals surface area contributed by atoms with Gasteiger partial charge in [-0.3, -0.25) is 0 Å². The number of hydrogen-bond acceptors (Lipinski definition) is 5. The van der Waals surface area contributed by atoms with E-state index in [1.165, 1.54) is 77.0 Å². The molecule has 164 valence electrons. The minimum Gasteiger partial charge on any atom is -0.748 e. The average molecular weight is 431 g/mol. The van der Waals surface area contributed by atoms with Crippen LogP contribution < -0.4 is 29.6 Å². The molecule has 0 spiro atoms. The zero-order chi connectivity index (χ0) is 20.4. The Morgan fingerprint density at radius 1 is 0.821 bits per heavy atom. The summed E-state index contributed by atoms with van der Waals surface area (Å²) in [5.41, 5.74) is 0. The summed E-state index contributed by atoms with van der Waals surface area (Å²) in [4.78, 5) is 0. The maximum atomic E-state index is 10.7. The van der Waals surface area contributed by atoms with Crippen molar-refractivity contribution in [2.45, 2.75) is 122 Å². The Morgan fingerprint density at radius 3 is 1.57 bits per heavy atom. The van der Waals surface area contributed by atoms with Gasteiger partial charge < -0.3 is 14.4 Å². The molecule has 2 unspecified atom stereocenters. The molecule has 0 fully saturated rings. The maximum absolute atomic E-state index is 10.7. The van der Waals surface area contributed by atoms with E-state index in [9.17, 15) is 13.0 Å². The van der Waals surface area contributed by atoms with Gasteiger partial charge in [0, 0.05) is 0 Å². The number of rotatable bonds is 20. The Labute approximate surface area is 196 Å². The molecule has 0 heterocycles. The summed E-state index contributed by atoms with van der Waals surface area (Å²) in [6, 6.07) is 0. The van der Waals surface area contributed by atoms with Gasteiger partial charge in [0.1, 0.15) is 0 Å². The van der Waals surface area contributed by atoms with Crippen LogP contribution in [0.2, 0.25) is 0 Å². The largest absolute Gasteiger partial charge is 1.00 e. The summed E-state index contributed by atoms with van der Waals surface area (Å²) in [5.74, 6) is -0.660. The molecule has 5 nitrogen and oxygen atoms in total. The third-order valence-electron chi connectivity index (χ3n) is 4.98. The van der Waals surface area contributed by atoms with Crippen LogP contribution in [-0.2, 0) is 14.9 Å². The molecule has 2 atom stereocenters. The van der Waals surface area contributed by atoms with Crippen LogP contribution in [-0.4, -0.2) is 42.6 Å². The molecule has 0 aliphatic rings. The summed E-state index contributed by atoms with van der Waals surface area (Å²) in [6.45, 7) is 3.68. The van der Waals surface area contributed by atoms with Gasteiger partial charge in [-0.2, -0.15) is 0 Å². The van der Waals surface area contributed by atoms with Crippen LogP contribution >= 0.6 is 0 Å². The topological polar surface area (TPSA) is 86.7 Å². The molecular formula is C21H43NaO5S. The van der Waals surface area contributed by atoms with E-state index in [1.54, 1.807) is 0 Å². The zero-order valence-electron chi connectivity index (χ0n) is 18.7. The number of ether oxygens (including phenoxy) is 1. The van der Waals surface area contributed by atoms with Crippen molar-refractivity contribution in [3.05, 3.63) is 0 Å². The first-order valence-electron chi connectivity index (χ1n) is 11.1. The van der Waals surface area contributed by atoms with Crippen molar-refractivity contribution in [1.82, 2.24) is 0 Å². The predicted octanol–water partition coefficient (Wildman–Crippen LogP) is 2.17. The van der Waals surface area contributed by atoms with Gasteiger partial charge in [0.05, 0.1) is 34.7 Å².